The van der Waals surface area contributed by atoms with Gasteiger partial charge >= 0.3 is 0 Å². The first kappa shape index (κ1) is 27.5. The molecule has 2 aromatic carbocycles. The quantitative estimate of drug-likeness (QED) is 0.286. The molecule has 36 heavy (non-hydrogen) atoms. The number of aryl methyl sites for hydroxylation is 1. The number of aliphatic hydroxyl groups is 1. The fourth-order valence-corrected chi connectivity index (χ4v) is 4.51. The maximum absolute atomic E-state index is 13.3. The van der Waals surface area contributed by atoms with E-state index in [9.17, 15) is 14.7 Å². The molecule has 6 nitrogen and oxygen atoms in total. The fourth-order valence-electron chi connectivity index (χ4n) is 4.51. The minimum absolute atomic E-state index is 0.0226. The Morgan fingerprint density at radius 1 is 1.08 bits per heavy atom. The SMILES string of the molecule is CCCOc1ccc(/C(O)=C2/C(=O)C(=O)N(CCCN(C)C)C2c2ccc(C(C)(C)C)cc2)cc1C. The summed E-state index contributed by atoms with van der Waals surface area (Å²) in [4.78, 5) is 30.1. The molecule has 1 atom stereocenters. The van der Waals surface area contributed by atoms with Crippen molar-refractivity contribution < 1.29 is 19.4 Å². The molecule has 0 spiro atoms. The monoisotopic (exact) mass is 492 g/mol. The number of amides is 1. The second-order valence-electron chi connectivity index (χ2n) is 10.9. The summed E-state index contributed by atoms with van der Waals surface area (Å²) in [5, 5.41) is 11.4. The molecular formula is C30H40N2O4. The standard InChI is InChI=1S/C30H40N2O4/c1-8-18-36-24-15-12-22(19-20(24)2)27(33)25-26(21-10-13-23(14-11-21)30(3,4)5)32(29(35)28(25)34)17-9-16-31(6)7/h10-15,19,26,33H,8-9,16-18H2,1-7H3/b27-25-. The zero-order chi connectivity index (χ0) is 26.6. The van der Waals surface area contributed by atoms with Crippen LogP contribution in [0.1, 0.15) is 68.8 Å². The molecule has 1 heterocycles. The summed E-state index contributed by atoms with van der Waals surface area (Å²) >= 11 is 0. The van der Waals surface area contributed by atoms with Crippen LogP contribution in [0.2, 0.25) is 0 Å². The lowest BCUT2D eigenvalue weighted by molar-refractivity contribution is -0.139. The molecule has 0 bridgehead atoms. The Bertz CT molecular complexity index is 1130. The molecule has 3 rings (SSSR count). The highest BCUT2D eigenvalue weighted by atomic mass is 16.5. The number of benzene rings is 2. The van der Waals surface area contributed by atoms with Crippen molar-refractivity contribution >= 4 is 17.4 Å². The number of Topliss-reactive ketones (excluding diaryl/α,β-unsaturated/α-hetero) is 1. The van der Waals surface area contributed by atoms with Crippen molar-refractivity contribution in [1.82, 2.24) is 9.80 Å². The molecule has 1 aliphatic rings. The summed E-state index contributed by atoms with van der Waals surface area (Å²) in [6.45, 7) is 12.2. The Morgan fingerprint density at radius 2 is 1.75 bits per heavy atom. The number of carbonyl (C=O) groups excluding carboxylic acids is 2. The maximum atomic E-state index is 13.3. The summed E-state index contributed by atoms with van der Waals surface area (Å²) in [6.07, 6.45) is 1.62. The van der Waals surface area contributed by atoms with Crippen LogP contribution in [0.3, 0.4) is 0 Å². The van der Waals surface area contributed by atoms with Gasteiger partial charge in [-0.1, -0.05) is 52.0 Å². The van der Waals surface area contributed by atoms with Crippen molar-refractivity contribution in [2.24, 2.45) is 0 Å². The molecule has 1 fully saturated rings. The molecule has 0 aliphatic carbocycles. The highest BCUT2D eigenvalue weighted by Gasteiger charge is 2.45. The van der Waals surface area contributed by atoms with E-state index in [1.165, 1.54) is 0 Å². The number of nitrogens with zero attached hydrogens (tertiary/aromatic N) is 2. The van der Waals surface area contributed by atoms with Gasteiger partial charge in [-0.3, -0.25) is 9.59 Å². The van der Waals surface area contributed by atoms with Crippen LogP contribution in [0.4, 0.5) is 0 Å². The lowest BCUT2D eigenvalue weighted by Crippen LogP contribution is -2.32. The van der Waals surface area contributed by atoms with Crippen LogP contribution >= 0.6 is 0 Å². The molecule has 0 radical (unpaired) electrons. The Hall–Kier alpha value is -3.12. The van der Waals surface area contributed by atoms with Gasteiger partial charge < -0.3 is 19.6 Å². The Kier molecular flexibility index (Phi) is 8.62. The largest absolute Gasteiger partial charge is 0.507 e. The van der Waals surface area contributed by atoms with Gasteiger partial charge in [0.15, 0.2) is 0 Å². The predicted octanol–water partition coefficient (Wildman–Crippen LogP) is 5.45. The fraction of sp³-hybridized carbons (Fsp3) is 0.467. The summed E-state index contributed by atoms with van der Waals surface area (Å²) in [5.41, 5.74) is 3.44. The van der Waals surface area contributed by atoms with Crippen molar-refractivity contribution in [3.8, 4) is 5.75 Å². The summed E-state index contributed by atoms with van der Waals surface area (Å²) in [5.74, 6) is -0.628. The molecular weight excluding hydrogens is 452 g/mol. The topological polar surface area (TPSA) is 70.1 Å². The lowest BCUT2D eigenvalue weighted by Gasteiger charge is -2.27. The van der Waals surface area contributed by atoms with E-state index in [2.05, 4.69) is 25.7 Å². The third-order valence-electron chi connectivity index (χ3n) is 6.55. The minimum atomic E-state index is -0.647. The minimum Gasteiger partial charge on any atom is -0.507 e. The number of hydrogen-bond acceptors (Lipinski definition) is 5. The molecule has 1 amide bonds. The van der Waals surface area contributed by atoms with Crippen molar-refractivity contribution in [3.63, 3.8) is 0 Å². The average Bonchev–Trinajstić information content (AvgIpc) is 3.07. The van der Waals surface area contributed by atoms with Gasteiger partial charge in [0.25, 0.3) is 11.7 Å². The number of rotatable bonds is 9. The Labute approximate surface area is 215 Å². The van der Waals surface area contributed by atoms with Crippen molar-refractivity contribution in [1.29, 1.82) is 0 Å². The molecule has 0 aromatic heterocycles. The molecule has 1 saturated heterocycles. The van der Waals surface area contributed by atoms with E-state index < -0.39 is 17.7 Å². The second-order valence-corrected chi connectivity index (χ2v) is 10.9. The lowest BCUT2D eigenvalue weighted by atomic mass is 9.85. The van der Waals surface area contributed by atoms with E-state index in [1.807, 2.05) is 52.2 Å². The van der Waals surface area contributed by atoms with Crippen LogP contribution in [-0.2, 0) is 15.0 Å². The summed E-state index contributed by atoms with van der Waals surface area (Å²) in [7, 11) is 3.96. The number of aliphatic hydroxyl groups excluding tert-OH is 1. The van der Waals surface area contributed by atoms with Crippen molar-refractivity contribution in [3.05, 3.63) is 70.3 Å². The number of likely N-dealkylation sites (tertiary alicyclic amines) is 1. The molecule has 1 N–H and O–H groups in total. The number of carbonyl (C=O) groups is 2. The molecule has 1 aliphatic heterocycles. The van der Waals surface area contributed by atoms with E-state index in [-0.39, 0.29) is 16.7 Å². The van der Waals surface area contributed by atoms with Gasteiger partial charge in [-0.05, 0) is 80.7 Å². The highest BCUT2D eigenvalue weighted by Crippen LogP contribution is 2.40. The van der Waals surface area contributed by atoms with Crippen LogP contribution in [0.5, 0.6) is 5.75 Å². The Morgan fingerprint density at radius 3 is 2.31 bits per heavy atom. The van der Waals surface area contributed by atoms with E-state index in [0.717, 1.165) is 41.8 Å². The average molecular weight is 493 g/mol. The van der Waals surface area contributed by atoms with Crippen molar-refractivity contribution in [2.75, 3.05) is 33.8 Å². The third-order valence-corrected chi connectivity index (χ3v) is 6.55. The van der Waals surface area contributed by atoms with Gasteiger partial charge in [0.2, 0.25) is 0 Å². The van der Waals surface area contributed by atoms with E-state index in [0.29, 0.717) is 18.7 Å². The smallest absolute Gasteiger partial charge is 0.295 e. The van der Waals surface area contributed by atoms with Gasteiger partial charge in [0.05, 0.1) is 18.2 Å². The van der Waals surface area contributed by atoms with Gasteiger partial charge in [-0.25, -0.2) is 0 Å². The van der Waals surface area contributed by atoms with Crippen LogP contribution < -0.4 is 4.74 Å². The van der Waals surface area contributed by atoms with Gasteiger partial charge in [0, 0.05) is 12.1 Å². The third kappa shape index (κ3) is 5.98. The van der Waals surface area contributed by atoms with E-state index >= 15 is 0 Å². The Balaban J connectivity index is 2.08. The van der Waals surface area contributed by atoms with Gasteiger partial charge in [0.1, 0.15) is 11.5 Å². The molecule has 2 aromatic rings. The maximum Gasteiger partial charge on any atom is 0.295 e. The van der Waals surface area contributed by atoms with Crippen LogP contribution in [0, 0.1) is 6.92 Å². The van der Waals surface area contributed by atoms with Crippen LogP contribution in [-0.4, -0.2) is 60.4 Å². The molecule has 1 unspecified atom stereocenters. The number of ether oxygens (including phenoxy) is 1. The molecule has 0 saturated carbocycles. The molecule has 194 valence electrons. The predicted molar refractivity (Wildman–Crippen MR) is 144 cm³/mol. The van der Waals surface area contributed by atoms with Crippen molar-refractivity contribution in [2.45, 2.75) is 58.9 Å². The van der Waals surface area contributed by atoms with E-state index in [4.69, 9.17) is 4.74 Å². The zero-order valence-corrected chi connectivity index (χ0v) is 22.7. The van der Waals surface area contributed by atoms with Gasteiger partial charge in [-0.15, -0.1) is 0 Å². The van der Waals surface area contributed by atoms with Crippen LogP contribution in [0.15, 0.2) is 48.0 Å². The zero-order valence-electron chi connectivity index (χ0n) is 22.7. The number of ketones is 1. The first-order valence-corrected chi connectivity index (χ1v) is 12.7. The first-order valence-electron chi connectivity index (χ1n) is 12.7. The normalized spacial score (nSPS) is 17.8. The highest BCUT2D eigenvalue weighted by molar-refractivity contribution is 6.46. The summed E-state index contributed by atoms with van der Waals surface area (Å²) < 4.78 is 5.76. The number of hydrogen-bond donors (Lipinski definition) is 1. The van der Waals surface area contributed by atoms with E-state index in [1.54, 1.807) is 23.1 Å². The second kappa shape index (κ2) is 11.3. The van der Waals surface area contributed by atoms with Crippen LogP contribution in [0.25, 0.3) is 5.76 Å². The first-order chi connectivity index (χ1) is 17.0. The van der Waals surface area contributed by atoms with Gasteiger partial charge in [-0.2, -0.15) is 0 Å². The summed E-state index contributed by atoms with van der Waals surface area (Å²) in [6, 6.07) is 12.7. The molecule has 6 heteroatoms.